The Morgan fingerprint density at radius 2 is 2.03 bits per heavy atom. The van der Waals surface area contributed by atoms with Crippen molar-refractivity contribution < 1.29 is 18.4 Å². The van der Waals surface area contributed by atoms with Crippen LogP contribution < -0.4 is 9.64 Å². The van der Waals surface area contributed by atoms with Gasteiger partial charge in [-0.25, -0.2) is 14.5 Å². The molecule has 4 aromatic rings. The normalized spacial score (nSPS) is 16.5. The Labute approximate surface area is 230 Å². The summed E-state index contributed by atoms with van der Waals surface area (Å²) in [7, 11) is 0.299. The van der Waals surface area contributed by atoms with Gasteiger partial charge in [-0.1, -0.05) is 20.8 Å². The lowest BCUT2D eigenvalue weighted by molar-refractivity contribution is -0.117. The van der Waals surface area contributed by atoms with Gasteiger partial charge in [0.25, 0.3) is 0 Å². The summed E-state index contributed by atoms with van der Waals surface area (Å²) in [6.45, 7) is 13.4. The molecule has 9 nitrogen and oxygen atoms in total. The van der Waals surface area contributed by atoms with Crippen molar-refractivity contribution in [1.29, 1.82) is 0 Å². The molecule has 1 saturated carbocycles. The fourth-order valence-electron chi connectivity index (χ4n) is 4.67. The maximum Gasteiger partial charge on any atom is 0.231 e. The van der Waals surface area contributed by atoms with Gasteiger partial charge < -0.3 is 18.5 Å². The number of nitrogens with zero attached hydrogens (tertiary/aromatic N) is 5. The molecule has 0 saturated heterocycles. The molecular formula is C29H39N5O4Si. The number of Topliss-reactive ketones (excluding diaryl/α,β-unsaturated/α-hetero) is 1. The van der Waals surface area contributed by atoms with Gasteiger partial charge in [-0.2, -0.15) is 0 Å². The van der Waals surface area contributed by atoms with E-state index in [0.29, 0.717) is 42.5 Å². The molecule has 0 amide bonds. The van der Waals surface area contributed by atoms with E-state index in [4.69, 9.17) is 13.6 Å². The lowest BCUT2D eigenvalue weighted by Crippen LogP contribution is -2.41. The first-order valence-electron chi connectivity index (χ1n) is 13.8. The molecule has 4 aromatic heterocycles. The molecule has 0 N–H and O–H groups in total. The third kappa shape index (κ3) is 5.86. The van der Waals surface area contributed by atoms with Gasteiger partial charge in [0, 0.05) is 51.2 Å². The van der Waals surface area contributed by atoms with E-state index in [2.05, 4.69) is 60.9 Å². The molecule has 39 heavy (non-hydrogen) atoms. The van der Waals surface area contributed by atoms with Gasteiger partial charge in [-0.3, -0.25) is 4.79 Å². The van der Waals surface area contributed by atoms with Crippen LogP contribution in [0.1, 0.15) is 46.5 Å². The van der Waals surface area contributed by atoms with Crippen molar-refractivity contribution >= 4 is 36.5 Å². The number of hydrogen-bond acceptors (Lipinski definition) is 8. The number of fused-ring (bicyclic) bond motifs is 2. The number of rotatable bonds is 10. The average molecular weight is 550 g/mol. The standard InChI is InChI=1S/C29H39N5O4Si/c1-29(2,3)39(5,6)37-15-7-14-33(4)28-22-17-25(38-24(22)12-13-30-28)23-18-31-26-10-11-27(32-34(23)26)36-19-20-8-9-21(35)16-20/h10-13,17-18,20H,7-9,14-16,19H2,1-6H3/t20-/m0/s1. The molecular weight excluding hydrogens is 510 g/mol. The Bertz CT molecular complexity index is 1470. The predicted molar refractivity (Wildman–Crippen MR) is 155 cm³/mol. The molecule has 0 aromatic carbocycles. The second kappa shape index (κ2) is 10.7. The lowest BCUT2D eigenvalue weighted by Gasteiger charge is -2.36. The number of furan rings is 1. The van der Waals surface area contributed by atoms with E-state index in [-0.39, 0.29) is 11.0 Å². The maximum absolute atomic E-state index is 11.6. The summed E-state index contributed by atoms with van der Waals surface area (Å²) in [4.78, 5) is 22.9. The number of anilines is 1. The smallest absolute Gasteiger partial charge is 0.231 e. The SMILES string of the molecule is CN(CCCO[Si](C)(C)C(C)(C)C)c1nccc2oc(-c3cnc4ccc(OC[C@H]5CCC(=O)C5)nn34)cc12. The number of hydrogen-bond donors (Lipinski definition) is 0. The van der Waals surface area contributed by atoms with E-state index in [9.17, 15) is 4.79 Å². The van der Waals surface area contributed by atoms with Crippen LogP contribution in [0.15, 0.2) is 41.1 Å². The summed E-state index contributed by atoms with van der Waals surface area (Å²) in [5.74, 6) is 2.60. The highest BCUT2D eigenvalue weighted by Gasteiger charge is 2.36. The van der Waals surface area contributed by atoms with Crippen molar-refractivity contribution in [2.75, 3.05) is 31.7 Å². The maximum atomic E-state index is 11.6. The molecule has 1 atom stereocenters. The molecule has 0 bridgehead atoms. The summed E-state index contributed by atoms with van der Waals surface area (Å²) < 4.78 is 20.3. The summed E-state index contributed by atoms with van der Waals surface area (Å²) in [6, 6.07) is 7.57. The zero-order valence-corrected chi connectivity index (χ0v) is 24.9. The molecule has 1 aliphatic carbocycles. The van der Waals surface area contributed by atoms with E-state index in [0.717, 1.165) is 48.5 Å². The van der Waals surface area contributed by atoms with Gasteiger partial charge in [0.1, 0.15) is 22.9 Å². The number of ether oxygens (including phenoxy) is 1. The number of pyridine rings is 1. The van der Waals surface area contributed by atoms with Crippen LogP contribution in [0, 0.1) is 5.92 Å². The topological polar surface area (TPSA) is 95.0 Å². The lowest BCUT2D eigenvalue weighted by atomic mass is 10.1. The van der Waals surface area contributed by atoms with Crippen LogP contribution >= 0.6 is 0 Å². The number of ketones is 1. The third-order valence-corrected chi connectivity index (χ3v) is 12.6. The Balaban J connectivity index is 1.31. The highest BCUT2D eigenvalue weighted by atomic mass is 28.4. The van der Waals surface area contributed by atoms with Crippen molar-refractivity contribution in [2.24, 2.45) is 5.92 Å². The first kappa shape index (κ1) is 27.3. The molecule has 0 unspecified atom stereocenters. The second-order valence-corrected chi connectivity index (χ2v) is 16.9. The fraction of sp³-hybridized carbons (Fsp3) is 0.517. The third-order valence-electron chi connectivity index (χ3n) is 8.10. The summed E-state index contributed by atoms with van der Waals surface area (Å²) in [6.07, 6.45) is 6.57. The Hall–Kier alpha value is -3.24. The minimum Gasteiger partial charge on any atom is -0.476 e. The zero-order chi connectivity index (χ0) is 27.8. The van der Waals surface area contributed by atoms with Crippen LogP contribution in [0.25, 0.3) is 28.1 Å². The Morgan fingerprint density at radius 1 is 1.21 bits per heavy atom. The van der Waals surface area contributed by atoms with Crippen molar-refractivity contribution in [3.05, 3.63) is 36.7 Å². The van der Waals surface area contributed by atoms with Gasteiger partial charge in [-0.05, 0) is 49.2 Å². The zero-order valence-electron chi connectivity index (χ0n) is 23.9. The van der Waals surface area contributed by atoms with Gasteiger partial charge in [-0.15, -0.1) is 5.10 Å². The van der Waals surface area contributed by atoms with Gasteiger partial charge >= 0.3 is 0 Å². The quantitative estimate of drug-likeness (QED) is 0.172. The summed E-state index contributed by atoms with van der Waals surface area (Å²) in [5.41, 5.74) is 2.19. The molecule has 0 aliphatic heterocycles. The highest BCUT2D eigenvalue weighted by Crippen LogP contribution is 2.37. The summed E-state index contributed by atoms with van der Waals surface area (Å²) >= 11 is 0. The minimum absolute atomic E-state index is 0.204. The van der Waals surface area contributed by atoms with E-state index in [1.54, 1.807) is 16.9 Å². The van der Waals surface area contributed by atoms with Gasteiger partial charge in [0.2, 0.25) is 5.88 Å². The number of aromatic nitrogens is 4. The largest absolute Gasteiger partial charge is 0.476 e. The molecule has 0 radical (unpaired) electrons. The monoisotopic (exact) mass is 549 g/mol. The van der Waals surface area contributed by atoms with Crippen LogP contribution in [0.3, 0.4) is 0 Å². The molecule has 0 spiro atoms. The van der Waals surface area contributed by atoms with Crippen LogP contribution in [0.4, 0.5) is 5.82 Å². The van der Waals surface area contributed by atoms with Crippen LogP contribution in [-0.4, -0.2) is 60.5 Å². The van der Waals surface area contributed by atoms with Crippen LogP contribution in [-0.2, 0) is 9.22 Å². The van der Waals surface area contributed by atoms with E-state index < -0.39 is 8.32 Å². The molecule has 5 rings (SSSR count). The van der Waals surface area contributed by atoms with E-state index in [1.807, 2.05) is 24.3 Å². The Kier molecular flexibility index (Phi) is 7.52. The van der Waals surface area contributed by atoms with E-state index in [1.165, 1.54) is 0 Å². The number of carbonyl (C=O) groups is 1. The first-order valence-corrected chi connectivity index (χ1v) is 16.7. The van der Waals surface area contributed by atoms with Crippen LogP contribution in [0.2, 0.25) is 18.1 Å². The number of imidazole rings is 1. The first-order chi connectivity index (χ1) is 18.5. The van der Waals surface area contributed by atoms with Crippen molar-refractivity contribution in [3.63, 3.8) is 0 Å². The van der Waals surface area contributed by atoms with Crippen molar-refractivity contribution in [3.8, 4) is 17.3 Å². The van der Waals surface area contributed by atoms with Crippen molar-refractivity contribution in [2.45, 2.75) is 64.6 Å². The molecule has 1 fully saturated rings. The average Bonchev–Trinajstić information content (AvgIpc) is 3.61. The highest BCUT2D eigenvalue weighted by molar-refractivity contribution is 6.74. The molecule has 4 heterocycles. The molecule has 208 valence electrons. The Morgan fingerprint density at radius 3 is 2.77 bits per heavy atom. The second-order valence-electron chi connectivity index (χ2n) is 12.1. The minimum atomic E-state index is -1.76. The molecule has 1 aliphatic rings. The van der Waals surface area contributed by atoms with Gasteiger partial charge in [0.15, 0.2) is 19.7 Å². The van der Waals surface area contributed by atoms with E-state index >= 15 is 0 Å². The van der Waals surface area contributed by atoms with Crippen LogP contribution in [0.5, 0.6) is 5.88 Å². The predicted octanol–water partition coefficient (Wildman–Crippen LogP) is 6.13. The number of carbonyl (C=O) groups excluding carboxylic acids is 1. The summed E-state index contributed by atoms with van der Waals surface area (Å²) in [5, 5.41) is 5.80. The van der Waals surface area contributed by atoms with Crippen molar-refractivity contribution in [1.82, 2.24) is 19.6 Å². The fourth-order valence-corrected chi connectivity index (χ4v) is 5.76. The van der Waals surface area contributed by atoms with Gasteiger partial charge in [0.05, 0.1) is 18.2 Å². The molecule has 10 heteroatoms.